The average Bonchev–Trinajstić information content (AvgIpc) is 3.51. The molecule has 2 atom stereocenters. The standard InChI is InChI=1S/C22H32F3N3O3S/c1-15(2)11-17(26)13-21(29)27-10-4-6-19(14-27)28(18-8-9-18)32(30,31)20-7-3-5-16(12-20)22(23,24)25/h3,5,7,12,15,17-19H,4,6,8-11,13-14,26H2,1-2H3/t17-,19?/m0/s1. The van der Waals surface area contributed by atoms with Gasteiger partial charge in [-0.3, -0.25) is 4.79 Å². The van der Waals surface area contributed by atoms with Gasteiger partial charge in [0, 0.05) is 37.6 Å². The third kappa shape index (κ3) is 6.02. The van der Waals surface area contributed by atoms with Crippen molar-refractivity contribution in [3.8, 4) is 0 Å². The Hall–Kier alpha value is -1.65. The largest absolute Gasteiger partial charge is 0.416 e. The summed E-state index contributed by atoms with van der Waals surface area (Å²) >= 11 is 0. The molecule has 10 heteroatoms. The maximum atomic E-state index is 13.4. The predicted octanol–water partition coefficient (Wildman–Crippen LogP) is 3.61. The maximum absolute atomic E-state index is 13.4. The first kappa shape index (κ1) is 25.0. The summed E-state index contributed by atoms with van der Waals surface area (Å²) in [4.78, 5) is 14.1. The second kappa shape index (κ2) is 9.69. The molecule has 0 spiro atoms. The summed E-state index contributed by atoms with van der Waals surface area (Å²) in [6, 6.07) is 2.93. The number of nitrogens with zero attached hydrogens (tertiary/aromatic N) is 2. The number of benzene rings is 1. The zero-order valence-corrected chi connectivity index (χ0v) is 19.3. The molecular formula is C22H32F3N3O3S. The average molecular weight is 476 g/mol. The number of halogens is 3. The molecule has 3 rings (SSSR count). The molecular weight excluding hydrogens is 443 g/mol. The molecule has 1 heterocycles. The molecule has 1 saturated heterocycles. The molecule has 1 unspecified atom stereocenters. The highest BCUT2D eigenvalue weighted by Crippen LogP contribution is 2.38. The number of piperidine rings is 1. The summed E-state index contributed by atoms with van der Waals surface area (Å²) in [6.45, 7) is 4.84. The Morgan fingerprint density at radius 1 is 1.22 bits per heavy atom. The van der Waals surface area contributed by atoms with E-state index in [2.05, 4.69) is 0 Å². The van der Waals surface area contributed by atoms with Crippen LogP contribution in [0.3, 0.4) is 0 Å². The van der Waals surface area contributed by atoms with Gasteiger partial charge in [-0.25, -0.2) is 8.42 Å². The highest BCUT2D eigenvalue weighted by atomic mass is 32.2. The van der Waals surface area contributed by atoms with Gasteiger partial charge >= 0.3 is 6.18 Å². The topological polar surface area (TPSA) is 83.7 Å². The maximum Gasteiger partial charge on any atom is 0.416 e. The minimum atomic E-state index is -4.63. The van der Waals surface area contributed by atoms with Gasteiger partial charge in [-0.1, -0.05) is 19.9 Å². The summed E-state index contributed by atoms with van der Waals surface area (Å²) in [5.41, 5.74) is 5.09. The zero-order valence-electron chi connectivity index (χ0n) is 18.5. The van der Waals surface area contributed by atoms with Crippen molar-refractivity contribution in [2.75, 3.05) is 13.1 Å². The van der Waals surface area contributed by atoms with Gasteiger partial charge in [0.15, 0.2) is 0 Å². The van der Waals surface area contributed by atoms with Gasteiger partial charge in [-0.15, -0.1) is 0 Å². The SMILES string of the molecule is CC(C)C[C@H](N)CC(=O)N1CCCC(N(C2CC2)S(=O)(=O)c2cccc(C(F)(F)F)c2)C1. The molecule has 180 valence electrons. The van der Waals surface area contributed by atoms with E-state index in [-0.39, 0.29) is 35.9 Å². The molecule has 1 aromatic rings. The summed E-state index contributed by atoms with van der Waals surface area (Å²) in [7, 11) is -4.14. The van der Waals surface area contributed by atoms with E-state index < -0.39 is 27.8 Å². The van der Waals surface area contributed by atoms with Crippen molar-refractivity contribution >= 4 is 15.9 Å². The van der Waals surface area contributed by atoms with Crippen LogP contribution in [0.4, 0.5) is 13.2 Å². The van der Waals surface area contributed by atoms with Crippen LogP contribution in [0.25, 0.3) is 0 Å². The number of carbonyl (C=O) groups excluding carboxylic acids is 1. The Labute approximate surface area is 188 Å². The lowest BCUT2D eigenvalue weighted by atomic mass is 10.00. The van der Waals surface area contributed by atoms with Crippen LogP contribution in [0.15, 0.2) is 29.2 Å². The zero-order chi connectivity index (χ0) is 23.7. The third-order valence-electron chi connectivity index (χ3n) is 5.96. The van der Waals surface area contributed by atoms with Crippen molar-refractivity contribution < 1.29 is 26.4 Å². The fourth-order valence-corrected chi connectivity index (χ4v) is 6.34. The van der Waals surface area contributed by atoms with E-state index in [9.17, 15) is 26.4 Å². The van der Waals surface area contributed by atoms with Gasteiger partial charge in [-0.2, -0.15) is 17.5 Å². The van der Waals surface area contributed by atoms with E-state index >= 15 is 0 Å². The van der Waals surface area contributed by atoms with Crippen molar-refractivity contribution in [2.45, 2.75) is 81.6 Å². The van der Waals surface area contributed by atoms with Crippen LogP contribution < -0.4 is 5.73 Å². The van der Waals surface area contributed by atoms with E-state index in [4.69, 9.17) is 5.73 Å². The second-order valence-electron chi connectivity index (χ2n) is 9.32. The van der Waals surface area contributed by atoms with Crippen LogP contribution in [0.5, 0.6) is 0 Å². The van der Waals surface area contributed by atoms with Gasteiger partial charge in [0.1, 0.15) is 0 Å². The van der Waals surface area contributed by atoms with Crippen molar-refractivity contribution in [3.63, 3.8) is 0 Å². The van der Waals surface area contributed by atoms with Crippen LogP contribution in [-0.4, -0.2) is 54.7 Å². The number of amides is 1. The lowest BCUT2D eigenvalue weighted by molar-refractivity contribution is -0.137. The molecule has 0 bridgehead atoms. The fraction of sp³-hybridized carbons (Fsp3) is 0.682. The Kier molecular flexibility index (Phi) is 7.56. The van der Waals surface area contributed by atoms with Gasteiger partial charge < -0.3 is 10.6 Å². The number of alkyl halides is 3. The molecule has 32 heavy (non-hydrogen) atoms. The predicted molar refractivity (Wildman–Crippen MR) is 115 cm³/mol. The van der Waals surface area contributed by atoms with E-state index in [1.54, 1.807) is 4.90 Å². The smallest absolute Gasteiger partial charge is 0.341 e. The number of hydrogen-bond acceptors (Lipinski definition) is 4. The van der Waals surface area contributed by atoms with Gasteiger partial charge in [0.2, 0.25) is 15.9 Å². The lowest BCUT2D eigenvalue weighted by Gasteiger charge is -2.39. The van der Waals surface area contributed by atoms with Crippen LogP contribution in [-0.2, 0) is 21.0 Å². The van der Waals surface area contributed by atoms with Gasteiger partial charge in [0.25, 0.3) is 0 Å². The van der Waals surface area contributed by atoms with Crippen LogP contribution in [0.1, 0.15) is 57.9 Å². The van der Waals surface area contributed by atoms with E-state index in [1.165, 1.54) is 10.4 Å². The first-order chi connectivity index (χ1) is 14.9. The summed E-state index contributed by atoms with van der Waals surface area (Å²) in [5.74, 6) is 0.268. The van der Waals surface area contributed by atoms with Crippen molar-refractivity contribution in [2.24, 2.45) is 11.7 Å². The first-order valence-electron chi connectivity index (χ1n) is 11.1. The number of rotatable bonds is 8. The number of sulfonamides is 1. The first-order valence-corrected chi connectivity index (χ1v) is 12.6. The van der Waals surface area contributed by atoms with Crippen molar-refractivity contribution in [1.82, 2.24) is 9.21 Å². The number of likely N-dealkylation sites (tertiary alicyclic amines) is 1. The number of hydrogen-bond donors (Lipinski definition) is 1. The Bertz CT molecular complexity index is 916. The van der Waals surface area contributed by atoms with Crippen molar-refractivity contribution in [3.05, 3.63) is 29.8 Å². The van der Waals surface area contributed by atoms with E-state index in [1.807, 2.05) is 13.8 Å². The molecule has 2 fully saturated rings. The Morgan fingerprint density at radius 3 is 2.50 bits per heavy atom. The molecule has 0 aromatic heterocycles. The highest BCUT2D eigenvalue weighted by Gasteiger charge is 2.44. The molecule has 6 nitrogen and oxygen atoms in total. The van der Waals surface area contributed by atoms with E-state index in [0.29, 0.717) is 44.2 Å². The molecule has 1 amide bonds. The fourth-order valence-electron chi connectivity index (χ4n) is 4.41. The minimum absolute atomic E-state index is 0.102. The van der Waals surface area contributed by atoms with Gasteiger partial charge in [-0.05, 0) is 56.2 Å². The quantitative estimate of drug-likeness (QED) is 0.623. The highest BCUT2D eigenvalue weighted by molar-refractivity contribution is 7.89. The van der Waals surface area contributed by atoms with Crippen LogP contribution in [0.2, 0.25) is 0 Å². The number of carbonyl (C=O) groups is 1. The molecule has 1 saturated carbocycles. The molecule has 2 aliphatic rings. The summed E-state index contributed by atoms with van der Waals surface area (Å²) in [6.07, 6.45) is -1.16. The molecule has 2 N–H and O–H groups in total. The van der Waals surface area contributed by atoms with Gasteiger partial charge in [0.05, 0.1) is 10.5 Å². The molecule has 1 aliphatic carbocycles. The normalized spacial score (nSPS) is 21.2. The van der Waals surface area contributed by atoms with Crippen LogP contribution >= 0.6 is 0 Å². The van der Waals surface area contributed by atoms with E-state index in [0.717, 1.165) is 18.6 Å². The second-order valence-corrected chi connectivity index (χ2v) is 11.2. The Morgan fingerprint density at radius 2 is 1.91 bits per heavy atom. The van der Waals surface area contributed by atoms with Crippen LogP contribution in [0, 0.1) is 5.92 Å². The lowest BCUT2D eigenvalue weighted by Crippen LogP contribution is -2.53. The Balaban J connectivity index is 1.79. The third-order valence-corrected chi connectivity index (χ3v) is 7.96. The molecule has 1 aliphatic heterocycles. The number of nitrogens with two attached hydrogens (primary N) is 1. The summed E-state index contributed by atoms with van der Waals surface area (Å²) in [5, 5.41) is 0. The minimum Gasteiger partial charge on any atom is -0.341 e. The molecule has 1 aromatic carbocycles. The monoisotopic (exact) mass is 475 g/mol. The summed E-state index contributed by atoms with van der Waals surface area (Å²) < 4.78 is 67.6. The van der Waals surface area contributed by atoms with Crippen molar-refractivity contribution in [1.29, 1.82) is 0 Å². The molecule has 0 radical (unpaired) electrons.